The Morgan fingerprint density at radius 3 is 2.26 bits per heavy atom. The van der Waals surface area contributed by atoms with Gasteiger partial charge in [-0.2, -0.15) is 0 Å². The first kappa shape index (κ1) is 13.1. The lowest BCUT2D eigenvalue weighted by Crippen LogP contribution is -2.57. The van der Waals surface area contributed by atoms with E-state index in [2.05, 4.69) is 50.4 Å². The first-order valence-corrected chi connectivity index (χ1v) is 7.46. The number of hydrogen-bond acceptors (Lipinski definition) is 2. The van der Waals surface area contributed by atoms with Gasteiger partial charge in [-0.1, -0.05) is 45.0 Å². The Bertz CT molecular complexity index is 451. The maximum atomic E-state index is 11.1. The molecule has 2 heterocycles. The molecule has 0 amide bonds. The molecule has 3 aliphatic rings. The minimum absolute atomic E-state index is 0.175. The number of aliphatic hydroxyl groups is 1. The zero-order valence-electron chi connectivity index (χ0n) is 12.2. The van der Waals surface area contributed by atoms with E-state index in [9.17, 15) is 5.11 Å². The molecule has 1 aliphatic carbocycles. The molecule has 0 spiro atoms. The maximum Gasteiger partial charge on any atom is 0.0951 e. The third-order valence-electron chi connectivity index (χ3n) is 5.00. The molecule has 1 aromatic rings. The molecule has 0 unspecified atom stereocenters. The summed E-state index contributed by atoms with van der Waals surface area (Å²) in [5, 5.41) is 14.6. The maximum absolute atomic E-state index is 11.1. The Balaban J connectivity index is 1.90. The molecule has 19 heavy (non-hydrogen) atoms. The smallest absolute Gasteiger partial charge is 0.0951 e. The molecule has 4 rings (SSSR count). The molecule has 2 saturated heterocycles. The van der Waals surface area contributed by atoms with Gasteiger partial charge >= 0.3 is 0 Å². The quantitative estimate of drug-likeness (QED) is 0.812. The predicted molar refractivity (Wildman–Crippen MR) is 78.2 cm³/mol. The van der Waals surface area contributed by atoms with Crippen molar-refractivity contribution in [2.24, 2.45) is 5.92 Å². The van der Waals surface area contributed by atoms with Crippen LogP contribution in [0.25, 0.3) is 0 Å². The highest BCUT2D eigenvalue weighted by atomic mass is 16.3. The lowest BCUT2D eigenvalue weighted by atomic mass is 9.66. The number of piperidine rings is 2. The average Bonchev–Trinajstić information content (AvgIpc) is 2.39. The van der Waals surface area contributed by atoms with Crippen LogP contribution in [-0.4, -0.2) is 17.7 Å². The fraction of sp³-hybridized carbons (Fsp3) is 0.647. The number of hydrogen-bond donors (Lipinski definition) is 2. The molecule has 0 aromatic heterocycles. The fourth-order valence-electron chi connectivity index (χ4n) is 3.65. The molecule has 3 atom stereocenters. The monoisotopic (exact) mass is 259 g/mol. The van der Waals surface area contributed by atoms with Crippen LogP contribution in [0.3, 0.4) is 0 Å². The standard InChI is InChI=1S/C17H25NO/c1-16(2,3)12-4-6-13(7-5-12)17(19)10-15-9-8-14(17)11-18-15/h4-7,14-15,18-19H,8-11H2,1-3H3/t14-,15-,17-/m1/s1. The van der Waals surface area contributed by atoms with Crippen molar-refractivity contribution in [3.05, 3.63) is 35.4 Å². The molecule has 0 radical (unpaired) electrons. The molecule has 2 N–H and O–H groups in total. The number of fused-ring (bicyclic) bond motifs is 3. The molecule has 2 aliphatic heterocycles. The van der Waals surface area contributed by atoms with Crippen molar-refractivity contribution < 1.29 is 5.11 Å². The first-order valence-electron chi connectivity index (χ1n) is 7.46. The van der Waals surface area contributed by atoms with Gasteiger partial charge in [-0.15, -0.1) is 0 Å². The SMILES string of the molecule is CC(C)(C)c1ccc([C@]2(O)C[C@H]3CC[C@@H]2CN3)cc1. The van der Waals surface area contributed by atoms with Crippen LogP contribution in [-0.2, 0) is 11.0 Å². The summed E-state index contributed by atoms with van der Waals surface area (Å²) >= 11 is 0. The normalized spacial score (nSPS) is 34.5. The predicted octanol–water partition coefficient (Wildman–Crippen LogP) is 2.94. The van der Waals surface area contributed by atoms with Crippen LogP contribution < -0.4 is 5.32 Å². The van der Waals surface area contributed by atoms with Crippen molar-refractivity contribution in [3.63, 3.8) is 0 Å². The van der Waals surface area contributed by atoms with Crippen LogP contribution in [0.15, 0.2) is 24.3 Å². The van der Waals surface area contributed by atoms with Crippen LogP contribution >= 0.6 is 0 Å². The topological polar surface area (TPSA) is 32.3 Å². The molecule has 104 valence electrons. The third kappa shape index (κ3) is 2.21. The molecule has 2 nitrogen and oxygen atoms in total. The summed E-state index contributed by atoms with van der Waals surface area (Å²) in [7, 11) is 0. The molecular formula is C17H25NO. The highest BCUT2D eigenvalue weighted by molar-refractivity contribution is 5.32. The van der Waals surface area contributed by atoms with E-state index < -0.39 is 5.60 Å². The van der Waals surface area contributed by atoms with Crippen LogP contribution in [0.4, 0.5) is 0 Å². The Kier molecular flexibility index (Phi) is 2.99. The van der Waals surface area contributed by atoms with E-state index in [0.717, 1.165) is 24.9 Å². The molecule has 2 heteroatoms. The summed E-state index contributed by atoms with van der Waals surface area (Å²) in [6.07, 6.45) is 3.23. The molecular weight excluding hydrogens is 234 g/mol. The van der Waals surface area contributed by atoms with Gasteiger partial charge in [0, 0.05) is 18.5 Å². The number of benzene rings is 1. The number of nitrogens with one attached hydrogen (secondary N) is 1. The zero-order chi connectivity index (χ0) is 13.7. The van der Waals surface area contributed by atoms with Crippen molar-refractivity contribution in [1.82, 2.24) is 5.32 Å². The molecule has 2 bridgehead atoms. The van der Waals surface area contributed by atoms with Crippen molar-refractivity contribution in [2.45, 2.75) is 57.1 Å². The average molecular weight is 259 g/mol. The van der Waals surface area contributed by atoms with Crippen LogP contribution in [0.1, 0.15) is 51.2 Å². The first-order chi connectivity index (χ1) is 8.89. The van der Waals surface area contributed by atoms with Gasteiger partial charge < -0.3 is 10.4 Å². The van der Waals surface area contributed by atoms with Crippen molar-refractivity contribution in [3.8, 4) is 0 Å². The minimum atomic E-state index is -0.607. The van der Waals surface area contributed by atoms with Crippen LogP contribution in [0.5, 0.6) is 0 Å². The van der Waals surface area contributed by atoms with Gasteiger partial charge in [0.1, 0.15) is 0 Å². The molecule has 1 aromatic carbocycles. The lowest BCUT2D eigenvalue weighted by Gasteiger charge is -2.49. The highest BCUT2D eigenvalue weighted by Gasteiger charge is 2.47. The molecule has 3 fully saturated rings. The zero-order valence-corrected chi connectivity index (χ0v) is 12.2. The van der Waals surface area contributed by atoms with Gasteiger partial charge in [0.25, 0.3) is 0 Å². The van der Waals surface area contributed by atoms with E-state index in [4.69, 9.17) is 0 Å². The van der Waals surface area contributed by atoms with Crippen LogP contribution in [0.2, 0.25) is 0 Å². The van der Waals surface area contributed by atoms with Gasteiger partial charge in [-0.25, -0.2) is 0 Å². The highest BCUT2D eigenvalue weighted by Crippen LogP contribution is 2.44. The molecule has 1 saturated carbocycles. The summed E-state index contributed by atoms with van der Waals surface area (Å²) in [5.41, 5.74) is 2.01. The third-order valence-corrected chi connectivity index (χ3v) is 5.00. The summed E-state index contributed by atoms with van der Waals surface area (Å²) in [6.45, 7) is 7.64. The summed E-state index contributed by atoms with van der Waals surface area (Å²) in [5.74, 6) is 0.373. The second-order valence-electron chi connectivity index (χ2n) is 7.34. The van der Waals surface area contributed by atoms with Gasteiger partial charge in [0.05, 0.1) is 5.60 Å². The van der Waals surface area contributed by atoms with Crippen molar-refractivity contribution in [2.75, 3.05) is 6.54 Å². The van der Waals surface area contributed by atoms with Gasteiger partial charge in [0.2, 0.25) is 0 Å². The van der Waals surface area contributed by atoms with E-state index >= 15 is 0 Å². The second-order valence-corrected chi connectivity index (χ2v) is 7.34. The summed E-state index contributed by atoms with van der Waals surface area (Å²) in [6, 6.07) is 9.14. The second kappa shape index (κ2) is 4.32. The minimum Gasteiger partial charge on any atom is -0.385 e. The van der Waals surface area contributed by atoms with Gasteiger partial charge in [-0.05, 0) is 35.8 Å². The largest absolute Gasteiger partial charge is 0.385 e. The van der Waals surface area contributed by atoms with Crippen molar-refractivity contribution >= 4 is 0 Å². The number of rotatable bonds is 1. The Hall–Kier alpha value is -0.860. The lowest BCUT2D eigenvalue weighted by molar-refractivity contribution is -0.0875. The van der Waals surface area contributed by atoms with Gasteiger partial charge in [-0.3, -0.25) is 0 Å². The van der Waals surface area contributed by atoms with E-state index in [1.807, 2.05) is 0 Å². The van der Waals surface area contributed by atoms with E-state index in [0.29, 0.717) is 12.0 Å². The Morgan fingerprint density at radius 1 is 1.16 bits per heavy atom. The van der Waals surface area contributed by atoms with Gasteiger partial charge in [0.15, 0.2) is 0 Å². The summed E-state index contributed by atoms with van der Waals surface area (Å²) in [4.78, 5) is 0. The van der Waals surface area contributed by atoms with E-state index in [1.54, 1.807) is 0 Å². The Morgan fingerprint density at radius 2 is 1.84 bits per heavy atom. The Labute approximate surface area is 116 Å². The van der Waals surface area contributed by atoms with E-state index in [1.165, 1.54) is 12.0 Å². The summed E-state index contributed by atoms with van der Waals surface area (Å²) < 4.78 is 0. The van der Waals surface area contributed by atoms with E-state index in [-0.39, 0.29) is 5.41 Å². The van der Waals surface area contributed by atoms with Crippen molar-refractivity contribution in [1.29, 1.82) is 0 Å². The van der Waals surface area contributed by atoms with Crippen LogP contribution in [0, 0.1) is 5.92 Å². The fourth-order valence-corrected chi connectivity index (χ4v) is 3.65.